The molecule has 39 heavy (non-hydrogen) atoms. The van der Waals surface area contributed by atoms with Crippen LogP contribution in [0.3, 0.4) is 0 Å². The van der Waals surface area contributed by atoms with Crippen LogP contribution in [0.25, 0.3) is 15.7 Å². The van der Waals surface area contributed by atoms with E-state index in [0.29, 0.717) is 17.4 Å². The molecule has 2 aliphatic rings. The van der Waals surface area contributed by atoms with E-state index in [1.165, 1.54) is 27.6 Å². The highest BCUT2D eigenvalue weighted by molar-refractivity contribution is 7.91. The number of likely N-dealkylation sites (N-methyl/N-ethyl adjacent to an activating group) is 1. The first-order valence-corrected chi connectivity index (χ1v) is 15.7. The van der Waals surface area contributed by atoms with Gasteiger partial charge in [-0.15, -0.1) is 22.7 Å². The van der Waals surface area contributed by atoms with Gasteiger partial charge in [0.15, 0.2) is 5.01 Å². The molecule has 0 saturated carbocycles. The highest BCUT2D eigenvalue weighted by atomic mass is 35.5. The van der Waals surface area contributed by atoms with Gasteiger partial charge in [0.2, 0.25) is 5.91 Å². The van der Waals surface area contributed by atoms with E-state index in [4.69, 9.17) is 17.0 Å². The Bertz CT molecular complexity index is 1600. The Morgan fingerprint density at radius 3 is 2.67 bits per heavy atom. The van der Waals surface area contributed by atoms with Crippen LogP contribution in [0.1, 0.15) is 28.0 Å². The monoisotopic (exact) mass is 606 g/mol. The number of rotatable bonds is 5. The van der Waals surface area contributed by atoms with Gasteiger partial charge in [0.1, 0.15) is 10.3 Å². The highest BCUT2D eigenvalue weighted by Gasteiger charge is 2.41. The van der Waals surface area contributed by atoms with Crippen LogP contribution in [0.2, 0.25) is 5.02 Å². The van der Waals surface area contributed by atoms with Gasteiger partial charge in [-0.3, -0.25) is 15.0 Å². The summed E-state index contributed by atoms with van der Waals surface area (Å²) in [6.07, 6.45) is 4.45. The van der Waals surface area contributed by atoms with Gasteiger partial charge in [-0.05, 0) is 42.5 Å². The number of fused-ring (bicyclic) bond motifs is 1. The maximum atomic E-state index is 13.5. The Morgan fingerprint density at radius 1 is 1.18 bits per heavy atom. The van der Waals surface area contributed by atoms with Crippen molar-refractivity contribution in [2.24, 2.45) is 0 Å². The number of thiophene rings is 1. The molecule has 10 nitrogen and oxygen atoms in total. The molecule has 4 heterocycles. The number of nitrogens with one attached hydrogen (secondary N) is 2. The van der Waals surface area contributed by atoms with Crippen molar-refractivity contribution >= 4 is 77.6 Å². The number of halogens is 1. The number of amidine groups is 1. The molecule has 1 aromatic carbocycles. The van der Waals surface area contributed by atoms with E-state index >= 15 is 0 Å². The molecule has 1 fully saturated rings. The van der Waals surface area contributed by atoms with Crippen LogP contribution in [0.5, 0.6) is 0 Å². The lowest BCUT2D eigenvalue weighted by atomic mass is 10.1. The summed E-state index contributed by atoms with van der Waals surface area (Å²) in [6, 6.07) is 5.81. The number of benzene rings is 1. The van der Waals surface area contributed by atoms with Crippen molar-refractivity contribution in [2.45, 2.75) is 23.6 Å². The number of thiazole rings is 1. The number of sulfonamides is 1. The average molecular weight is 607 g/mol. The number of carbonyl (C=O) groups excluding carboxylic acids is 2. The molecule has 0 radical (unpaired) electrons. The molecule has 0 bridgehead atoms. The second-order valence-corrected chi connectivity index (χ2v) is 14.0. The van der Waals surface area contributed by atoms with E-state index < -0.39 is 27.9 Å². The van der Waals surface area contributed by atoms with Gasteiger partial charge in [0.25, 0.3) is 15.9 Å². The third kappa shape index (κ3) is 5.46. The fourth-order valence-electron chi connectivity index (χ4n) is 4.69. The number of piperazine rings is 1. The summed E-state index contributed by atoms with van der Waals surface area (Å²) in [6.45, 7) is 3.06. The van der Waals surface area contributed by atoms with Crippen molar-refractivity contribution in [3.05, 3.63) is 51.4 Å². The van der Waals surface area contributed by atoms with Crippen molar-refractivity contribution in [2.75, 3.05) is 39.8 Å². The lowest BCUT2D eigenvalue weighted by molar-refractivity contribution is -0.126. The molecule has 0 aliphatic carbocycles. The van der Waals surface area contributed by atoms with E-state index in [0.717, 1.165) is 44.8 Å². The maximum Gasteiger partial charge on any atom is 0.283 e. The van der Waals surface area contributed by atoms with Crippen LogP contribution >= 0.6 is 34.3 Å². The molecule has 206 valence electrons. The minimum Gasteiger partial charge on any atom is -0.357 e. The van der Waals surface area contributed by atoms with Gasteiger partial charge in [0.05, 0.1) is 10.7 Å². The zero-order valence-corrected chi connectivity index (χ0v) is 24.5. The van der Waals surface area contributed by atoms with Gasteiger partial charge in [-0.2, -0.15) is 4.31 Å². The smallest absolute Gasteiger partial charge is 0.283 e. The van der Waals surface area contributed by atoms with Crippen LogP contribution in [0.15, 0.2) is 40.7 Å². The fraction of sp³-hybridized carbons (Fsp3) is 0.360. The summed E-state index contributed by atoms with van der Waals surface area (Å²) < 4.78 is 29.2. The normalized spacial score (nSPS) is 18.7. The Labute approximate surface area is 239 Å². The number of carbonyl (C=O) groups is 2. The number of amides is 2. The number of nitrogens with zero attached hydrogens (tertiary/aromatic N) is 4. The van der Waals surface area contributed by atoms with Crippen molar-refractivity contribution < 1.29 is 18.0 Å². The lowest BCUT2D eigenvalue weighted by Gasteiger charge is -2.39. The second-order valence-electron chi connectivity index (χ2n) is 9.28. The molecule has 2 aliphatic heterocycles. The van der Waals surface area contributed by atoms with Crippen molar-refractivity contribution in [3.63, 3.8) is 0 Å². The van der Waals surface area contributed by atoms with Gasteiger partial charge in [-0.1, -0.05) is 23.7 Å². The van der Waals surface area contributed by atoms with Gasteiger partial charge >= 0.3 is 0 Å². The first kappa shape index (κ1) is 27.7. The predicted octanol–water partition coefficient (Wildman–Crippen LogP) is 3.36. The second kappa shape index (κ2) is 11.0. The summed E-state index contributed by atoms with van der Waals surface area (Å²) >= 11 is 8.46. The summed E-state index contributed by atoms with van der Waals surface area (Å²) in [7, 11) is -2.43. The highest BCUT2D eigenvalue weighted by Crippen LogP contribution is 2.34. The van der Waals surface area contributed by atoms with E-state index in [1.807, 2.05) is 11.0 Å². The molecule has 1 atom stereocenters. The maximum absolute atomic E-state index is 13.5. The summed E-state index contributed by atoms with van der Waals surface area (Å²) in [5.74, 6) is -0.328. The molecule has 1 unspecified atom stereocenters. The number of hydrogen-bond donors (Lipinski definition) is 2. The summed E-state index contributed by atoms with van der Waals surface area (Å²) in [4.78, 5) is 35.0. The van der Waals surface area contributed by atoms with E-state index in [2.05, 4.69) is 10.3 Å². The Kier molecular flexibility index (Phi) is 7.80. The quantitative estimate of drug-likeness (QED) is 0.339. The molecule has 3 aromatic rings. The van der Waals surface area contributed by atoms with Crippen LogP contribution in [0.4, 0.5) is 0 Å². The van der Waals surface area contributed by atoms with Crippen LogP contribution in [0, 0.1) is 5.41 Å². The molecule has 14 heteroatoms. The number of aromatic nitrogens is 1. The molecule has 2 aromatic heterocycles. The zero-order chi connectivity index (χ0) is 27.9. The topological polar surface area (TPSA) is 127 Å². The molecule has 2 amide bonds. The average Bonchev–Trinajstić information content (AvgIpc) is 3.60. The third-order valence-electron chi connectivity index (χ3n) is 6.90. The van der Waals surface area contributed by atoms with E-state index in [1.54, 1.807) is 37.4 Å². The Balaban J connectivity index is 1.35. The molecule has 0 spiro atoms. The standard InChI is InChI=1S/C25H27ClN6O4S3/c1-15(27)30-7-5-16(6-8-30)21-13-29-24(38-21)25(34)32-10-9-31(14-19(32)23(33)28-2)39(35,36)22-11-17-3-4-18(26)12-20(17)37-22/h3-5,11-13,19,27H,6-10,14H2,1-2H3,(H,28,33). The molecule has 1 saturated heterocycles. The van der Waals surface area contributed by atoms with E-state index in [-0.39, 0.29) is 28.9 Å². The SMILES string of the molecule is CNC(=O)C1CN(S(=O)(=O)c2cc3ccc(Cl)cc3s2)CCN1C(=O)c1ncc(C2=CCN(C(C)=N)CC2)s1. The number of hydrogen-bond acceptors (Lipinski definition) is 8. The first-order valence-electron chi connectivity index (χ1n) is 12.3. The minimum absolute atomic E-state index is 0.0536. The molecular formula is C25H27ClN6O4S3. The van der Waals surface area contributed by atoms with Crippen LogP contribution in [-0.2, 0) is 14.8 Å². The summed E-state index contributed by atoms with van der Waals surface area (Å²) in [5.41, 5.74) is 1.08. The first-order chi connectivity index (χ1) is 18.6. The summed E-state index contributed by atoms with van der Waals surface area (Å²) in [5, 5.41) is 11.9. The van der Waals surface area contributed by atoms with Crippen LogP contribution in [-0.4, -0.2) is 91.0 Å². The van der Waals surface area contributed by atoms with Crippen molar-refractivity contribution in [3.8, 4) is 0 Å². The molecular weight excluding hydrogens is 580 g/mol. The van der Waals surface area contributed by atoms with Gasteiger partial charge in [-0.25, -0.2) is 13.4 Å². The van der Waals surface area contributed by atoms with Gasteiger partial charge in [0, 0.05) is 55.7 Å². The zero-order valence-electron chi connectivity index (χ0n) is 21.3. The minimum atomic E-state index is -3.89. The largest absolute Gasteiger partial charge is 0.357 e. The lowest BCUT2D eigenvalue weighted by Crippen LogP contribution is -2.61. The molecule has 2 N–H and O–H groups in total. The third-order valence-corrected chi connectivity index (χ3v) is 11.6. The van der Waals surface area contributed by atoms with Crippen LogP contribution < -0.4 is 5.32 Å². The Morgan fingerprint density at radius 2 is 1.97 bits per heavy atom. The fourth-order valence-corrected chi connectivity index (χ4v) is 8.89. The van der Waals surface area contributed by atoms with Crippen molar-refractivity contribution in [1.29, 1.82) is 5.41 Å². The van der Waals surface area contributed by atoms with Gasteiger partial charge < -0.3 is 15.1 Å². The van der Waals surface area contributed by atoms with Crippen molar-refractivity contribution in [1.82, 2.24) is 24.4 Å². The Hall–Kier alpha value is -2.84. The predicted molar refractivity (Wildman–Crippen MR) is 154 cm³/mol. The van der Waals surface area contributed by atoms with E-state index in [9.17, 15) is 18.0 Å². The molecule has 5 rings (SSSR count).